The first kappa shape index (κ1) is 14.0. The first-order chi connectivity index (χ1) is 10.1. The summed E-state index contributed by atoms with van der Waals surface area (Å²) in [6.45, 7) is 4.30. The molecule has 0 saturated heterocycles. The van der Waals surface area contributed by atoms with E-state index in [4.69, 9.17) is 15.2 Å². The summed E-state index contributed by atoms with van der Waals surface area (Å²) in [4.78, 5) is 0. The van der Waals surface area contributed by atoms with Crippen LogP contribution in [0.1, 0.15) is 20.3 Å². The van der Waals surface area contributed by atoms with Crippen LogP contribution in [-0.2, 0) is 0 Å². The average molecular weight is 283 g/mol. The van der Waals surface area contributed by atoms with E-state index in [2.05, 4.69) is 13.8 Å². The lowest BCUT2D eigenvalue weighted by Gasteiger charge is -2.49. The molecule has 2 atom stereocenters. The predicted molar refractivity (Wildman–Crippen MR) is 83.7 cm³/mol. The van der Waals surface area contributed by atoms with Gasteiger partial charge in [0.1, 0.15) is 23.4 Å². The molecule has 1 saturated carbocycles. The number of rotatable bonds is 4. The van der Waals surface area contributed by atoms with Crippen LogP contribution in [-0.4, -0.2) is 12.1 Å². The molecule has 0 amide bonds. The van der Waals surface area contributed by atoms with Gasteiger partial charge >= 0.3 is 0 Å². The molecule has 0 bridgehead atoms. The van der Waals surface area contributed by atoms with E-state index >= 15 is 0 Å². The van der Waals surface area contributed by atoms with E-state index in [9.17, 15) is 0 Å². The van der Waals surface area contributed by atoms with Crippen LogP contribution in [0, 0.1) is 5.41 Å². The third-order valence-corrected chi connectivity index (χ3v) is 4.33. The molecule has 3 heteroatoms. The molecule has 3 rings (SSSR count). The molecule has 110 valence electrons. The molecule has 2 aromatic rings. The molecule has 2 N–H and O–H groups in total. The molecule has 21 heavy (non-hydrogen) atoms. The Balaban J connectivity index is 1.62. The Morgan fingerprint density at radius 3 is 2.05 bits per heavy atom. The maximum absolute atomic E-state index is 6.01. The average Bonchev–Trinajstić information content (AvgIpc) is 2.50. The quantitative estimate of drug-likeness (QED) is 0.923. The number of hydrogen-bond acceptors (Lipinski definition) is 3. The van der Waals surface area contributed by atoms with Gasteiger partial charge < -0.3 is 15.2 Å². The summed E-state index contributed by atoms with van der Waals surface area (Å²) in [5.41, 5.74) is 6.05. The Labute approximate surface area is 125 Å². The van der Waals surface area contributed by atoms with E-state index in [0.29, 0.717) is 0 Å². The Kier molecular flexibility index (Phi) is 3.60. The first-order valence-corrected chi connectivity index (χ1v) is 7.31. The molecule has 1 fully saturated rings. The van der Waals surface area contributed by atoms with Gasteiger partial charge in [-0.15, -0.1) is 0 Å². The second-order valence-electron chi connectivity index (χ2n) is 6.16. The van der Waals surface area contributed by atoms with Crippen molar-refractivity contribution in [3.63, 3.8) is 0 Å². The molecule has 0 aromatic heterocycles. The van der Waals surface area contributed by atoms with E-state index in [-0.39, 0.29) is 17.6 Å². The highest BCUT2D eigenvalue weighted by Gasteiger charge is 2.47. The highest BCUT2D eigenvalue weighted by Crippen LogP contribution is 2.41. The lowest BCUT2D eigenvalue weighted by atomic mass is 9.65. The second kappa shape index (κ2) is 5.41. The van der Waals surface area contributed by atoms with Gasteiger partial charge in [0.15, 0.2) is 0 Å². The van der Waals surface area contributed by atoms with Crippen LogP contribution < -0.4 is 15.2 Å². The summed E-state index contributed by atoms with van der Waals surface area (Å²) in [7, 11) is 0. The number of benzene rings is 2. The number of ether oxygens (including phenoxy) is 2. The van der Waals surface area contributed by atoms with Crippen molar-refractivity contribution in [2.75, 3.05) is 0 Å². The fraction of sp³-hybridized carbons (Fsp3) is 0.333. The van der Waals surface area contributed by atoms with Crippen LogP contribution in [0.5, 0.6) is 17.2 Å². The topological polar surface area (TPSA) is 44.5 Å². The van der Waals surface area contributed by atoms with Gasteiger partial charge in [0.25, 0.3) is 0 Å². The van der Waals surface area contributed by atoms with Gasteiger partial charge in [-0.25, -0.2) is 0 Å². The number of nitrogens with two attached hydrogens (primary N) is 1. The van der Waals surface area contributed by atoms with Crippen LogP contribution in [0.4, 0.5) is 0 Å². The monoisotopic (exact) mass is 283 g/mol. The van der Waals surface area contributed by atoms with Crippen LogP contribution in [0.25, 0.3) is 0 Å². The van der Waals surface area contributed by atoms with Crippen molar-refractivity contribution >= 4 is 0 Å². The summed E-state index contributed by atoms with van der Waals surface area (Å²) >= 11 is 0. The van der Waals surface area contributed by atoms with Crippen LogP contribution >= 0.6 is 0 Å². The summed E-state index contributed by atoms with van der Waals surface area (Å²) < 4.78 is 11.8. The molecular weight excluding hydrogens is 262 g/mol. The fourth-order valence-corrected chi connectivity index (χ4v) is 2.49. The van der Waals surface area contributed by atoms with Crippen molar-refractivity contribution < 1.29 is 9.47 Å². The molecule has 0 spiro atoms. The molecule has 0 aliphatic heterocycles. The Hall–Kier alpha value is -2.00. The van der Waals surface area contributed by atoms with E-state index in [1.54, 1.807) is 0 Å². The molecule has 2 unspecified atom stereocenters. The van der Waals surface area contributed by atoms with Gasteiger partial charge in [-0.3, -0.25) is 0 Å². The zero-order chi connectivity index (χ0) is 14.9. The smallest absolute Gasteiger partial charge is 0.127 e. The van der Waals surface area contributed by atoms with Crippen molar-refractivity contribution in [3.05, 3.63) is 54.6 Å². The molecule has 1 aliphatic carbocycles. The van der Waals surface area contributed by atoms with Gasteiger partial charge in [0, 0.05) is 17.9 Å². The van der Waals surface area contributed by atoms with Crippen molar-refractivity contribution in [3.8, 4) is 17.2 Å². The Bertz CT molecular complexity index is 592. The third-order valence-electron chi connectivity index (χ3n) is 4.33. The fourth-order valence-electron chi connectivity index (χ4n) is 2.49. The van der Waals surface area contributed by atoms with Gasteiger partial charge in [-0.05, 0) is 36.4 Å². The van der Waals surface area contributed by atoms with Crippen molar-refractivity contribution in [1.29, 1.82) is 0 Å². The third kappa shape index (κ3) is 2.88. The predicted octanol–water partition coefficient (Wildman–Crippen LogP) is 3.98. The SMILES string of the molecule is CC1(C)C(N)CC1Oc1ccc(Oc2ccccc2)cc1. The highest BCUT2D eigenvalue weighted by molar-refractivity contribution is 5.35. The van der Waals surface area contributed by atoms with E-state index in [0.717, 1.165) is 23.7 Å². The maximum atomic E-state index is 6.01. The lowest BCUT2D eigenvalue weighted by Crippen LogP contribution is -2.60. The van der Waals surface area contributed by atoms with Crippen molar-refractivity contribution in [1.82, 2.24) is 0 Å². The van der Waals surface area contributed by atoms with E-state index < -0.39 is 0 Å². The van der Waals surface area contributed by atoms with Crippen LogP contribution in [0.3, 0.4) is 0 Å². The van der Waals surface area contributed by atoms with Gasteiger partial charge in [0.05, 0.1) is 0 Å². The summed E-state index contributed by atoms with van der Waals surface area (Å²) in [5.74, 6) is 2.50. The first-order valence-electron chi connectivity index (χ1n) is 7.31. The van der Waals surface area contributed by atoms with Crippen molar-refractivity contribution in [2.24, 2.45) is 11.1 Å². The minimum Gasteiger partial charge on any atom is -0.490 e. The zero-order valence-electron chi connectivity index (χ0n) is 12.5. The van der Waals surface area contributed by atoms with Crippen LogP contribution in [0.2, 0.25) is 0 Å². The molecule has 0 heterocycles. The Morgan fingerprint density at radius 1 is 0.905 bits per heavy atom. The minimum atomic E-state index is 0.0409. The molecular formula is C18H21NO2. The van der Waals surface area contributed by atoms with E-state index in [1.165, 1.54) is 0 Å². The molecule has 1 aliphatic rings. The van der Waals surface area contributed by atoms with Crippen LogP contribution in [0.15, 0.2) is 54.6 Å². The summed E-state index contributed by atoms with van der Waals surface area (Å²) in [6.07, 6.45) is 1.10. The Morgan fingerprint density at radius 2 is 1.48 bits per heavy atom. The van der Waals surface area contributed by atoms with Crippen molar-refractivity contribution in [2.45, 2.75) is 32.4 Å². The lowest BCUT2D eigenvalue weighted by molar-refractivity contribution is -0.0400. The van der Waals surface area contributed by atoms with Gasteiger partial charge in [-0.1, -0.05) is 32.0 Å². The molecule has 0 radical (unpaired) electrons. The minimum absolute atomic E-state index is 0.0409. The van der Waals surface area contributed by atoms with Gasteiger partial charge in [-0.2, -0.15) is 0 Å². The normalized spacial score (nSPS) is 23.2. The highest BCUT2D eigenvalue weighted by atomic mass is 16.5. The molecule has 3 nitrogen and oxygen atoms in total. The second-order valence-corrected chi connectivity index (χ2v) is 6.16. The number of para-hydroxylation sites is 1. The summed E-state index contributed by atoms with van der Waals surface area (Å²) in [5, 5.41) is 0. The summed E-state index contributed by atoms with van der Waals surface area (Å²) in [6, 6.07) is 17.7. The standard InChI is InChI=1S/C18H21NO2/c1-18(2)16(19)12-17(18)21-15-10-8-14(9-11-15)20-13-6-4-3-5-7-13/h3-11,16-17H,12,19H2,1-2H3. The largest absolute Gasteiger partial charge is 0.490 e. The van der Waals surface area contributed by atoms with E-state index in [1.807, 2.05) is 54.6 Å². The number of hydrogen-bond donors (Lipinski definition) is 1. The zero-order valence-corrected chi connectivity index (χ0v) is 12.5. The molecule has 2 aromatic carbocycles. The van der Waals surface area contributed by atoms with Gasteiger partial charge in [0.2, 0.25) is 0 Å². The maximum Gasteiger partial charge on any atom is 0.127 e.